The Bertz CT molecular complexity index is 1060. The van der Waals surface area contributed by atoms with Gasteiger partial charge in [-0.15, -0.1) is 21.5 Å². The maximum Gasteiger partial charge on any atom is 0.378 e. The molecule has 0 aliphatic carbocycles. The van der Waals surface area contributed by atoms with E-state index in [4.69, 9.17) is 4.74 Å². The smallest absolute Gasteiger partial charge is 0.378 e. The first-order valence-electron chi connectivity index (χ1n) is 8.74. The van der Waals surface area contributed by atoms with Crippen molar-refractivity contribution in [2.24, 2.45) is 0 Å². The van der Waals surface area contributed by atoms with E-state index in [-0.39, 0.29) is 12.4 Å². The fourth-order valence-electron chi connectivity index (χ4n) is 2.62. The number of esters is 1. The van der Waals surface area contributed by atoms with Gasteiger partial charge in [0.05, 0.1) is 10.6 Å². The standard InChI is InChI=1S/C18H17N7O2S/c1-2-10-24-15(20-22-23-24)12-27-18(26)16-19-17(14-9-6-11-28-14)25(21-16)13-7-4-3-5-8-13/h3-9,11H,2,10,12H2,1H3. The summed E-state index contributed by atoms with van der Waals surface area (Å²) in [7, 11) is 0. The van der Waals surface area contributed by atoms with E-state index in [1.54, 1.807) is 9.36 Å². The number of thiophene rings is 1. The van der Waals surface area contributed by atoms with Gasteiger partial charge in [-0.25, -0.2) is 14.2 Å². The summed E-state index contributed by atoms with van der Waals surface area (Å²) < 4.78 is 8.60. The Morgan fingerprint density at radius 1 is 1.18 bits per heavy atom. The summed E-state index contributed by atoms with van der Waals surface area (Å²) >= 11 is 1.52. The van der Waals surface area contributed by atoms with Crippen LogP contribution >= 0.6 is 11.3 Å². The summed E-state index contributed by atoms with van der Waals surface area (Å²) in [4.78, 5) is 17.9. The summed E-state index contributed by atoms with van der Waals surface area (Å²) in [5.74, 6) is 0.431. The van der Waals surface area contributed by atoms with Gasteiger partial charge in [-0.3, -0.25) is 0 Å². The van der Waals surface area contributed by atoms with E-state index in [0.29, 0.717) is 18.2 Å². The van der Waals surface area contributed by atoms with Crippen LogP contribution in [-0.4, -0.2) is 40.9 Å². The zero-order chi connectivity index (χ0) is 19.3. The number of rotatable bonds is 7. The van der Waals surface area contributed by atoms with Crippen molar-refractivity contribution in [2.45, 2.75) is 26.5 Å². The second-order valence-corrected chi connectivity index (χ2v) is 6.83. The number of ether oxygens (including phenoxy) is 1. The molecule has 0 saturated carbocycles. The summed E-state index contributed by atoms with van der Waals surface area (Å²) in [6, 6.07) is 13.4. The monoisotopic (exact) mass is 395 g/mol. The number of tetrazole rings is 1. The van der Waals surface area contributed by atoms with Crippen LogP contribution in [0.5, 0.6) is 0 Å². The summed E-state index contributed by atoms with van der Waals surface area (Å²) in [6.07, 6.45) is 0.874. The first-order chi connectivity index (χ1) is 13.8. The second-order valence-electron chi connectivity index (χ2n) is 5.88. The average Bonchev–Trinajstić information content (AvgIpc) is 3.47. The van der Waals surface area contributed by atoms with Gasteiger partial charge >= 0.3 is 5.97 Å². The molecule has 0 saturated heterocycles. The zero-order valence-corrected chi connectivity index (χ0v) is 15.9. The van der Waals surface area contributed by atoms with Crippen LogP contribution in [0.3, 0.4) is 0 Å². The van der Waals surface area contributed by atoms with Gasteiger partial charge in [-0.2, -0.15) is 4.98 Å². The molecule has 0 N–H and O–H groups in total. The molecule has 0 aliphatic rings. The number of hydrogen-bond acceptors (Lipinski definition) is 8. The third-order valence-corrected chi connectivity index (χ3v) is 4.77. The first kappa shape index (κ1) is 18.0. The Labute approximate surface area is 164 Å². The summed E-state index contributed by atoms with van der Waals surface area (Å²) in [5.41, 5.74) is 0.810. The van der Waals surface area contributed by atoms with Crippen molar-refractivity contribution >= 4 is 17.3 Å². The maximum absolute atomic E-state index is 12.5. The Kier molecular flexibility index (Phi) is 5.20. The van der Waals surface area contributed by atoms with Gasteiger partial charge in [-0.1, -0.05) is 31.2 Å². The van der Waals surface area contributed by atoms with E-state index in [0.717, 1.165) is 17.0 Å². The molecule has 10 heteroatoms. The molecule has 3 aromatic heterocycles. The van der Waals surface area contributed by atoms with E-state index in [9.17, 15) is 4.79 Å². The van der Waals surface area contributed by atoms with E-state index < -0.39 is 5.97 Å². The van der Waals surface area contributed by atoms with E-state index in [1.165, 1.54) is 11.3 Å². The molecule has 142 valence electrons. The minimum absolute atomic E-state index is 0.0123. The van der Waals surface area contributed by atoms with Crippen LogP contribution < -0.4 is 0 Å². The minimum atomic E-state index is -0.626. The fraction of sp³-hybridized carbons (Fsp3) is 0.222. The molecule has 0 fully saturated rings. The largest absolute Gasteiger partial charge is 0.451 e. The normalized spacial score (nSPS) is 10.9. The van der Waals surface area contributed by atoms with Crippen molar-refractivity contribution in [1.29, 1.82) is 0 Å². The van der Waals surface area contributed by atoms with Crippen LogP contribution in [0.1, 0.15) is 29.8 Å². The molecule has 0 radical (unpaired) electrons. The fourth-order valence-corrected chi connectivity index (χ4v) is 3.32. The number of benzene rings is 1. The van der Waals surface area contributed by atoms with Gasteiger partial charge in [0.2, 0.25) is 0 Å². The van der Waals surface area contributed by atoms with Crippen molar-refractivity contribution in [3.05, 3.63) is 59.5 Å². The van der Waals surface area contributed by atoms with Crippen LogP contribution in [0.15, 0.2) is 47.8 Å². The predicted octanol–water partition coefficient (Wildman–Crippen LogP) is 2.75. The van der Waals surface area contributed by atoms with Gasteiger partial charge in [0.25, 0.3) is 5.82 Å². The second kappa shape index (κ2) is 8.09. The van der Waals surface area contributed by atoms with Crippen LogP contribution in [0.4, 0.5) is 0 Å². The van der Waals surface area contributed by atoms with Crippen molar-refractivity contribution in [1.82, 2.24) is 35.0 Å². The van der Waals surface area contributed by atoms with Crippen molar-refractivity contribution in [2.75, 3.05) is 0 Å². The number of hydrogen-bond donors (Lipinski definition) is 0. The highest BCUT2D eigenvalue weighted by Gasteiger charge is 2.21. The molecular weight excluding hydrogens is 378 g/mol. The van der Waals surface area contributed by atoms with Gasteiger partial charge < -0.3 is 4.74 Å². The lowest BCUT2D eigenvalue weighted by atomic mass is 10.3. The molecule has 0 unspecified atom stereocenters. The van der Waals surface area contributed by atoms with Crippen LogP contribution in [0.25, 0.3) is 16.4 Å². The SMILES string of the molecule is CCCn1nnnc1COC(=O)c1nc(-c2cccs2)n(-c2ccccc2)n1. The topological polar surface area (TPSA) is 101 Å². The van der Waals surface area contributed by atoms with E-state index in [1.807, 2.05) is 54.8 Å². The van der Waals surface area contributed by atoms with Crippen molar-refractivity contribution in [3.8, 4) is 16.4 Å². The molecule has 3 heterocycles. The Balaban J connectivity index is 1.59. The molecule has 28 heavy (non-hydrogen) atoms. The number of aryl methyl sites for hydroxylation is 1. The first-order valence-corrected chi connectivity index (χ1v) is 9.62. The van der Waals surface area contributed by atoms with Gasteiger partial charge in [-0.05, 0) is 40.4 Å². The average molecular weight is 395 g/mol. The van der Waals surface area contributed by atoms with Gasteiger partial charge in [0.1, 0.15) is 0 Å². The molecule has 0 aliphatic heterocycles. The van der Waals surface area contributed by atoms with Gasteiger partial charge in [0.15, 0.2) is 18.3 Å². The Morgan fingerprint density at radius 2 is 2.04 bits per heavy atom. The zero-order valence-electron chi connectivity index (χ0n) is 15.1. The quantitative estimate of drug-likeness (QED) is 0.444. The minimum Gasteiger partial charge on any atom is -0.451 e. The van der Waals surface area contributed by atoms with Crippen LogP contribution in [0, 0.1) is 0 Å². The van der Waals surface area contributed by atoms with E-state index in [2.05, 4.69) is 25.6 Å². The summed E-state index contributed by atoms with van der Waals surface area (Å²) in [5, 5.41) is 17.7. The molecule has 0 spiro atoms. The number of carbonyl (C=O) groups is 1. The van der Waals surface area contributed by atoms with Crippen molar-refractivity contribution in [3.63, 3.8) is 0 Å². The lowest BCUT2D eigenvalue weighted by Gasteiger charge is -2.03. The van der Waals surface area contributed by atoms with E-state index >= 15 is 0 Å². The highest BCUT2D eigenvalue weighted by atomic mass is 32.1. The number of nitrogens with zero attached hydrogens (tertiary/aromatic N) is 7. The number of carbonyl (C=O) groups excluding carboxylic acids is 1. The highest BCUT2D eigenvalue weighted by Crippen LogP contribution is 2.25. The Hall–Kier alpha value is -3.40. The molecule has 1 aromatic carbocycles. The maximum atomic E-state index is 12.5. The summed E-state index contributed by atoms with van der Waals surface area (Å²) in [6.45, 7) is 2.63. The lowest BCUT2D eigenvalue weighted by Crippen LogP contribution is -2.12. The molecule has 9 nitrogen and oxygen atoms in total. The lowest BCUT2D eigenvalue weighted by molar-refractivity contribution is 0.0442. The molecule has 0 amide bonds. The third kappa shape index (κ3) is 3.67. The Morgan fingerprint density at radius 3 is 2.79 bits per heavy atom. The molecule has 4 aromatic rings. The number of aromatic nitrogens is 7. The third-order valence-electron chi connectivity index (χ3n) is 3.91. The predicted molar refractivity (Wildman–Crippen MR) is 102 cm³/mol. The van der Waals surface area contributed by atoms with Crippen LogP contribution in [0.2, 0.25) is 0 Å². The molecule has 0 bridgehead atoms. The molecular formula is C18H17N7O2S. The van der Waals surface area contributed by atoms with Gasteiger partial charge in [0, 0.05) is 6.54 Å². The highest BCUT2D eigenvalue weighted by molar-refractivity contribution is 7.13. The van der Waals surface area contributed by atoms with Crippen molar-refractivity contribution < 1.29 is 9.53 Å². The molecule has 0 atom stereocenters. The van der Waals surface area contributed by atoms with Crippen LogP contribution in [-0.2, 0) is 17.9 Å². The number of para-hydroxylation sites is 1. The molecule has 4 rings (SSSR count).